The van der Waals surface area contributed by atoms with Crippen molar-refractivity contribution in [1.82, 2.24) is 15.0 Å². The number of aromatic nitrogens is 3. The van der Waals surface area contributed by atoms with Crippen molar-refractivity contribution >= 4 is 5.97 Å². The molecule has 0 spiro atoms. The molecule has 0 aliphatic heterocycles. The van der Waals surface area contributed by atoms with Crippen LogP contribution in [0.3, 0.4) is 0 Å². The molecular formula is C11H19N3O2. The Labute approximate surface area is 95.5 Å². The van der Waals surface area contributed by atoms with E-state index < -0.39 is 5.97 Å². The summed E-state index contributed by atoms with van der Waals surface area (Å²) in [5.41, 5.74) is 0.798. The van der Waals surface area contributed by atoms with Crippen molar-refractivity contribution in [3.05, 3.63) is 11.4 Å². The van der Waals surface area contributed by atoms with E-state index in [0.29, 0.717) is 5.69 Å². The Bertz CT molecular complexity index is 371. The highest BCUT2D eigenvalue weighted by molar-refractivity contribution is 5.86. The number of carbonyl (C=O) groups is 1. The Hall–Kier alpha value is -1.39. The lowest BCUT2D eigenvalue weighted by Gasteiger charge is -2.15. The number of nitrogens with zero attached hydrogens (tertiary/aromatic N) is 3. The van der Waals surface area contributed by atoms with Gasteiger partial charge in [-0.1, -0.05) is 32.4 Å². The summed E-state index contributed by atoms with van der Waals surface area (Å²) in [6.07, 6.45) is 2.02. The van der Waals surface area contributed by atoms with Gasteiger partial charge in [-0.25, -0.2) is 9.48 Å². The first kappa shape index (κ1) is 12.7. The minimum Gasteiger partial charge on any atom is -0.476 e. The Morgan fingerprint density at radius 3 is 2.50 bits per heavy atom. The topological polar surface area (TPSA) is 68.0 Å². The second kappa shape index (κ2) is 5.09. The van der Waals surface area contributed by atoms with Crippen molar-refractivity contribution in [2.24, 2.45) is 0 Å². The molecule has 0 bridgehead atoms. The molecular weight excluding hydrogens is 206 g/mol. The molecule has 90 valence electrons. The van der Waals surface area contributed by atoms with Crippen molar-refractivity contribution in [1.29, 1.82) is 0 Å². The SMILES string of the molecule is CCCC(C)n1nnc(C(=O)O)c1C(C)C. The van der Waals surface area contributed by atoms with E-state index in [2.05, 4.69) is 17.2 Å². The lowest BCUT2D eigenvalue weighted by atomic mass is 10.1. The quantitative estimate of drug-likeness (QED) is 0.835. The molecule has 0 radical (unpaired) electrons. The van der Waals surface area contributed by atoms with E-state index in [0.717, 1.165) is 12.8 Å². The van der Waals surface area contributed by atoms with Crippen LogP contribution in [0.5, 0.6) is 0 Å². The molecule has 0 aromatic carbocycles. The zero-order valence-electron chi connectivity index (χ0n) is 10.3. The van der Waals surface area contributed by atoms with Gasteiger partial charge in [-0.3, -0.25) is 0 Å². The van der Waals surface area contributed by atoms with Gasteiger partial charge in [0.1, 0.15) is 0 Å². The summed E-state index contributed by atoms with van der Waals surface area (Å²) >= 11 is 0. The van der Waals surface area contributed by atoms with E-state index in [1.165, 1.54) is 0 Å². The third-order valence-electron chi connectivity index (χ3n) is 2.60. The number of hydrogen-bond donors (Lipinski definition) is 1. The van der Waals surface area contributed by atoms with E-state index in [-0.39, 0.29) is 17.7 Å². The van der Waals surface area contributed by atoms with E-state index >= 15 is 0 Å². The van der Waals surface area contributed by atoms with Crippen LogP contribution in [0.1, 0.15) is 68.7 Å². The molecule has 0 saturated heterocycles. The standard InChI is InChI=1S/C11H19N3O2/c1-5-6-8(4)14-10(7(2)3)9(11(15)16)12-13-14/h7-8H,5-6H2,1-4H3,(H,15,16). The first-order valence-corrected chi connectivity index (χ1v) is 5.67. The molecule has 0 amide bonds. The van der Waals surface area contributed by atoms with Crippen LogP contribution in [0.25, 0.3) is 0 Å². The number of hydrogen-bond acceptors (Lipinski definition) is 3. The average molecular weight is 225 g/mol. The highest BCUT2D eigenvalue weighted by Gasteiger charge is 2.23. The number of aromatic carboxylic acids is 1. The van der Waals surface area contributed by atoms with E-state index in [4.69, 9.17) is 5.11 Å². The number of carboxylic acid groups (broad SMARTS) is 1. The van der Waals surface area contributed by atoms with E-state index in [9.17, 15) is 4.79 Å². The number of carboxylic acids is 1. The molecule has 1 atom stereocenters. The molecule has 1 heterocycles. The predicted molar refractivity (Wildman–Crippen MR) is 60.7 cm³/mol. The minimum atomic E-state index is -1.00. The first-order chi connectivity index (χ1) is 7.49. The lowest BCUT2D eigenvalue weighted by molar-refractivity contribution is 0.0688. The third-order valence-corrected chi connectivity index (χ3v) is 2.60. The molecule has 0 saturated carbocycles. The summed E-state index contributed by atoms with van der Waals surface area (Å²) in [5, 5.41) is 16.7. The third kappa shape index (κ3) is 2.40. The Morgan fingerprint density at radius 2 is 2.06 bits per heavy atom. The minimum absolute atomic E-state index is 0.0814. The van der Waals surface area contributed by atoms with Gasteiger partial charge in [0.05, 0.1) is 11.7 Å². The first-order valence-electron chi connectivity index (χ1n) is 5.67. The van der Waals surface area contributed by atoms with Gasteiger partial charge in [0.15, 0.2) is 5.69 Å². The van der Waals surface area contributed by atoms with Gasteiger partial charge in [0.25, 0.3) is 0 Å². The van der Waals surface area contributed by atoms with Crippen molar-refractivity contribution in [2.75, 3.05) is 0 Å². The summed E-state index contributed by atoms with van der Waals surface area (Å²) in [6.45, 7) is 8.05. The van der Waals surface area contributed by atoms with Crippen LogP contribution >= 0.6 is 0 Å². The zero-order chi connectivity index (χ0) is 12.3. The predicted octanol–water partition coefficient (Wildman–Crippen LogP) is 2.46. The van der Waals surface area contributed by atoms with Crippen LogP contribution in [0.4, 0.5) is 0 Å². The van der Waals surface area contributed by atoms with Gasteiger partial charge in [0, 0.05) is 0 Å². The zero-order valence-corrected chi connectivity index (χ0v) is 10.3. The molecule has 5 heteroatoms. The summed E-state index contributed by atoms with van der Waals surface area (Å²) in [4.78, 5) is 11.0. The summed E-state index contributed by atoms with van der Waals surface area (Å²) in [7, 11) is 0. The molecule has 1 aromatic heterocycles. The van der Waals surface area contributed by atoms with Crippen LogP contribution < -0.4 is 0 Å². The fourth-order valence-corrected chi connectivity index (χ4v) is 1.86. The van der Waals surface area contributed by atoms with Gasteiger partial charge in [-0.15, -0.1) is 5.10 Å². The summed E-state index contributed by atoms with van der Waals surface area (Å²) < 4.78 is 1.75. The normalized spacial score (nSPS) is 13.1. The molecule has 1 rings (SSSR count). The van der Waals surface area contributed by atoms with Gasteiger partial charge in [0.2, 0.25) is 0 Å². The van der Waals surface area contributed by atoms with Crippen LogP contribution in [0.2, 0.25) is 0 Å². The van der Waals surface area contributed by atoms with Crippen molar-refractivity contribution in [3.63, 3.8) is 0 Å². The fourth-order valence-electron chi connectivity index (χ4n) is 1.86. The van der Waals surface area contributed by atoms with Crippen LogP contribution in [-0.2, 0) is 0 Å². The molecule has 0 aliphatic carbocycles. The number of rotatable bonds is 5. The second-order valence-corrected chi connectivity index (χ2v) is 4.37. The highest BCUT2D eigenvalue weighted by Crippen LogP contribution is 2.23. The molecule has 5 nitrogen and oxygen atoms in total. The van der Waals surface area contributed by atoms with E-state index in [1.54, 1.807) is 4.68 Å². The Kier molecular flexibility index (Phi) is 4.04. The van der Waals surface area contributed by atoms with Crippen molar-refractivity contribution in [3.8, 4) is 0 Å². The lowest BCUT2D eigenvalue weighted by Crippen LogP contribution is -2.13. The second-order valence-electron chi connectivity index (χ2n) is 4.37. The van der Waals surface area contributed by atoms with Gasteiger partial charge in [-0.2, -0.15) is 0 Å². The van der Waals surface area contributed by atoms with Crippen LogP contribution in [0.15, 0.2) is 0 Å². The van der Waals surface area contributed by atoms with Gasteiger partial charge < -0.3 is 5.11 Å². The van der Waals surface area contributed by atoms with Crippen molar-refractivity contribution in [2.45, 2.75) is 52.5 Å². The maximum absolute atomic E-state index is 11.0. The van der Waals surface area contributed by atoms with Gasteiger partial charge in [-0.05, 0) is 19.3 Å². The maximum atomic E-state index is 11.0. The Balaban J connectivity index is 3.14. The Morgan fingerprint density at radius 1 is 1.44 bits per heavy atom. The van der Waals surface area contributed by atoms with Crippen LogP contribution in [0, 0.1) is 0 Å². The average Bonchev–Trinajstić information content (AvgIpc) is 2.61. The van der Waals surface area contributed by atoms with E-state index in [1.807, 2.05) is 20.8 Å². The van der Waals surface area contributed by atoms with Gasteiger partial charge >= 0.3 is 5.97 Å². The van der Waals surface area contributed by atoms with Crippen LogP contribution in [-0.4, -0.2) is 26.1 Å². The molecule has 1 unspecified atom stereocenters. The fraction of sp³-hybridized carbons (Fsp3) is 0.727. The highest BCUT2D eigenvalue weighted by atomic mass is 16.4. The summed E-state index contributed by atoms with van der Waals surface area (Å²) in [5.74, 6) is -0.890. The molecule has 1 N–H and O–H groups in total. The monoisotopic (exact) mass is 225 g/mol. The molecule has 16 heavy (non-hydrogen) atoms. The molecule has 0 aliphatic rings. The smallest absolute Gasteiger partial charge is 0.358 e. The van der Waals surface area contributed by atoms with Crippen molar-refractivity contribution < 1.29 is 9.90 Å². The maximum Gasteiger partial charge on any atom is 0.358 e. The summed E-state index contributed by atoms with van der Waals surface area (Å²) in [6, 6.07) is 0.197. The largest absolute Gasteiger partial charge is 0.476 e. The molecule has 0 fully saturated rings. The molecule has 1 aromatic rings.